The molecule has 0 aliphatic rings. The molecule has 2 aromatic heterocycles. The Morgan fingerprint density at radius 2 is 1.77 bits per heavy atom. The molecule has 0 amide bonds. The van der Waals surface area contributed by atoms with Gasteiger partial charge in [-0.1, -0.05) is 6.07 Å². The van der Waals surface area contributed by atoms with Crippen molar-refractivity contribution in [1.29, 1.82) is 0 Å². The summed E-state index contributed by atoms with van der Waals surface area (Å²) in [6.07, 6.45) is 3.23. The van der Waals surface area contributed by atoms with Gasteiger partial charge in [0.1, 0.15) is 23.1 Å². The van der Waals surface area contributed by atoms with Gasteiger partial charge in [0.15, 0.2) is 0 Å². The molecule has 3 N–H and O–H groups in total. The van der Waals surface area contributed by atoms with Gasteiger partial charge in [-0.15, -0.1) is 0 Å². The van der Waals surface area contributed by atoms with E-state index in [-0.39, 0.29) is 30.1 Å². The van der Waals surface area contributed by atoms with Crippen LogP contribution in [0.15, 0.2) is 48.8 Å². The Kier molecular flexibility index (Phi) is 5.33. The number of benzene rings is 1. The van der Waals surface area contributed by atoms with Crippen molar-refractivity contribution in [2.45, 2.75) is 13.0 Å². The largest absolute Gasteiger partial charge is 0.394 e. The number of nitrogens with one attached hydrogen (secondary N) is 2. The van der Waals surface area contributed by atoms with Gasteiger partial charge in [0.2, 0.25) is 5.95 Å². The number of aromatic nitrogens is 3. The molecular formula is C18H17F2N5O. The van der Waals surface area contributed by atoms with Crippen LogP contribution in [0.4, 0.5) is 26.2 Å². The number of hydrogen-bond donors (Lipinski definition) is 3. The molecule has 1 atom stereocenters. The first-order valence-electron chi connectivity index (χ1n) is 7.94. The number of aliphatic hydroxyl groups is 1. The van der Waals surface area contributed by atoms with Gasteiger partial charge in [0, 0.05) is 30.1 Å². The smallest absolute Gasteiger partial charge is 0.225 e. The molecule has 6 nitrogen and oxygen atoms in total. The maximum absolute atomic E-state index is 13.9. The highest BCUT2D eigenvalue weighted by Gasteiger charge is 2.13. The molecule has 0 aliphatic heterocycles. The number of rotatable bonds is 6. The van der Waals surface area contributed by atoms with Gasteiger partial charge in [-0.25, -0.2) is 13.8 Å². The number of anilines is 3. The minimum atomic E-state index is -0.729. The van der Waals surface area contributed by atoms with Gasteiger partial charge in [-0.3, -0.25) is 4.98 Å². The van der Waals surface area contributed by atoms with E-state index < -0.39 is 11.6 Å². The van der Waals surface area contributed by atoms with E-state index in [2.05, 4.69) is 25.6 Å². The number of aliphatic hydroxyl groups excluding tert-OH is 1. The molecule has 0 fully saturated rings. The molecule has 2 heterocycles. The van der Waals surface area contributed by atoms with Gasteiger partial charge in [-0.2, -0.15) is 4.98 Å². The number of halogens is 2. The van der Waals surface area contributed by atoms with Crippen LogP contribution in [-0.2, 0) is 0 Å². The third-order valence-electron chi connectivity index (χ3n) is 3.57. The van der Waals surface area contributed by atoms with Crippen LogP contribution in [0, 0.1) is 11.6 Å². The Morgan fingerprint density at radius 1 is 1.08 bits per heavy atom. The third kappa shape index (κ3) is 4.09. The molecule has 26 heavy (non-hydrogen) atoms. The van der Waals surface area contributed by atoms with E-state index in [4.69, 9.17) is 0 Å². The average Bonchev–Trinajstić information content (AvgIpc) is 2.65. The number of hydrogen-bond acceptors (Lipinski definition) is 6. The van der Waals surface area contributed by atoms with Crippen LogP contribution in [0.2, 0.25) is 0 Å². The molecule has 134 valence electrons. The fraction of sp³-hybridized carbons (Fsp3) is 0.167. The molecule has 0 saturated carbocycles. The maximum Gasteiger partial charge on any atom is 0.225 e. The van der Waals surface area contributed by atoms with Crippen molar-refractivity contribution >= 4 is 17.5 Å². The van der Waals surface area contributed by atoms with Crippen molar-refractivity contribution in [3.8, 4) is 11.3 Å². The Bertz CT molecular complexity index is 872. The molecule has 0 bridgehead atoms. The average molecular weight is 357 g/mol. The van der Waals surface area contributed by atoms with Gasteiger partial charge in [-0.05, 0) is 31.2 Å². The lowest BCUT2D eigenvalue weighted by Crippen LogP contribution is -2.21. The monoisotopic (exact) mass is 357 g/mol. The van der Waals surface area contributed by atoms with Crippen molar-refractivity contribution in [1.82, 2.24) is 15.0 Å². The van der Waals surface area contributed by atoms with Gasteiger partial charge >= 0.3 is 0 Å². The van der Waals surface area contributed by atoms with E-state index in [0.717, 1.165) is 17.7 Å². The summed E-state index contributed by atoms with van der Waals surface area (Å²) in [7, 11) is 0. The maximum atomic E-state index is 13.9. The van der Waals surface area contributed by atoms with Gasteiger partial charge < -0.3 is 15.7 Å². The summed E-state index contributed by atoms with van der Waals surface area (Å²) < 4.78 is 27.8. The second kappa shape index (κ2) is 7.83. The first-order valence-corrected chi connectivity index (χ1v) is 7.94. The summed E-state index contributed by atoms with van der Waals surface area (Å²) >= 11 is 0. The molecule has 3 rings (SSSR count). The Labute approximate surface area is 149 Å². The lowest BCUT2D eigenvalue weighted by atomic mass is 10.2. The van der Waals surface area contributed by atoms with E-state index in [1.165, 1.54) is 6.07 Å². The fourth-order valence-electron chi connectivity index (χ4n) is 2.26. The molecule has 3 aromatic rings. The molecule has 0 radical (unpaired) electrons. The minimum Gasteiger partial charge on any atom is -0.394 e. The normalized spacial score (nSPS) is 11.8. The SMILES string of the molecule is C[C@H](CO)Nc1nc(Nc2c(F)cccc2F)cc(-c2ccncc2)n1. The second-order valence-electron chi connectivity index (χ2n) is 5.65. The van der Waals surface area contributed by atoms with Crippen molar-refractivity contribution in [3.05, 3.63) is 60.4 Å². The number of nitrogens with zero attached hydrogens (tertiary/aromatic N) is 3. The highest BCUT2D eigenvalue weighted by Crippen LogP contribution is 2.26. The summed E-state index contributed by atoms with van der Waals surface area (Å²) in [5, 5.41) is 14.8. The van der Waals surface area contributed by atoms with Crippen molar-refractivity contribution in [2.75, 3.05) is 17.2 Å². The molecule has 0 spiro atoms. The first-order chi connectivity index (χ1) is 12.6. The van der Waals surface area contributed by atoms with E-state index in [9.17, 15) is 13.9 Å². The second-order valence-corrected chi connectivity index (χ2v) is 5.65. The Balaban J connectivity index is 2.02. The van der Waals surface area contributed by atoms with Crippen molar-refractivity contribution in [3.63, 3.8) is 0 Å². The number of pyridine rings is 1. The summed E-state index contributed by atoms with van der Waals surface area (Å²) in [5.41, 5.74) is 1.00. The quantitative estimate of drug-likeness (QED) is 0.628. The lowest BCUT2D eigenvalue weighted by Gasteiger charge is -2.14. The van der Waals surface area contributed by atoms with Crippen LogP contribution < -0.4 is 10.6 Å². The zero-order valence-corrected chi connectivity index (χ0v) is 13.9. The zero-order valence-electron chi connectivity index (χ0n) is 13.9. The van der Waals surface area contributed by atoms with Crippen LogP contribution in [0.3, 0.4) is 0 Å². The Hall–Kier alpha value is -3.13. The summed E-state index contributed by atoms with van der Waals surface area (Å²) in [4.78, 5) is 12.6. The van der Waals surface area contributed by atoms with Crippen LogP contribution in [0.5, 0.6) is 0 Å². The van der Waals surface area contributed by atoms with E-state index in [1.54, 1.807) is 37.5 Å². The molecular weight excluding hydrogens is 340 g/mol. The molecule has 0 unspecified atom stereocenters. The fourth-order valence-corrected chi connectivity index (χ4v) is 2.26. The third-order valence-corrected chi connectivity index (χ3v) is 3.57. The van der Waals surface area contributed by atoms with Crippen LogP contribution >= 0.6 is 0 Å². The van der Waals surface area contributed by atoms with Gasteiger partial charge in [0.25, 0.3) is 0 Å². The highest BCUT2D eigenvalue weighted by atomic mass is 19.1. The predicted octanol–water partition coefficient (Wildman–Crippen LogP) is 3.35. The van der Waals surface area contributed by atoms with Crippen molar-refractivity contribution < 1.29 is 13.9 Å². The molecule has 0 saturated heterocycles. The molecule has 1 aromatic carbocycles. The predicted molar refractivity (Wildman–Crippen MR) is 95.1 cm³/mol. The Morgan fingerprint density at radius 3 is 2.42 bits per heavy atom. The summed E-state index contributed by atoms with van der Waals surface area (Å²) in [5.74, 6) is -1.02. The molecule has 0 aliphatic carbocycles. The highest BCUT2D eigenvalue weighted by molar-refractivity contribution is 5.67. The van der Waals surface area contributed by atoms with Crippen LogP contribution in [-0.4, -0.2) is 32.7 Å². The van der Waals surface area contributed by atoms with Crippen molar-refractivity contribution in [2.24, 2.45) is 0 Å². The summed E-state index contributed by atoms with van der Waals surface area (Å²) in [6, 6.07) is 8.40. The summed E-state index contributed by atoms with van der Waals surface area (Å²) in [6.45, 7) is 1.64. The van der Waals surface area contributed by atoms with E-state index in [1.807, 2.05) is 0 Å². The van der Waals surface area contributed by atoms with E-state index >= 15 is 0 Å². The van der Waals surface area contributed by atoms with Crippen LogP contribution in [0.1, 0.15) is 6.92 Å². The number of para-hydroxylation sites is 1. The lowest BCUT2D eigenvalue weighted by molar-refractivity contribution is 0.281. The van der Waals surface area contributed by atoms with Gasteiger partial charge in [0.05, 0.1) is 12.3 Å². The zero-order chi connectivity index (χ0) is 18.5. The molecule has 8 heteroatoms. The van der Waals surface area contributed by atoms with Crippen LogP contribution in [0.25, 0.3) is 11.3 Å². The van der Waals surface area contributed by atoms with E-state index in [0.29, 0.717) is 5.69 Å². The topological polar surface area (TPSA) is 83.0 Å². The minimum absolute atomic E-state index is 0.118. The first kappa shape index (κ1) is 17.7. The standard InChI is InChI=1S/C18H17F2N5O/c1-11(10-26)22-18-23-15(12-5-7-21-8-6-12)9-16(25-18)24-17-13(19)3-2-4-14(17)20/h2-9,11,26H,10H2,1H3,(H2,22,23,24,25)/t11-/m1/s1.